The van der Waals surface area contributed by atoms with Gasteiger partial charge in [-0.15, -0.1) is 0 Å². The highest BCUT2D eigenvalue weighted by atomic mass is 16.5. The Morgan fingerprint density at radius 1 is 1.03 bits per heavy atom. The molecule has 9 nitrogen and oxygen atoms in total. The molecule has 0 radical (unpaired) electrons. The van der Waals surface area contributed by atoms with Crippen LogP contribution in [-0.2, 0) is 7.05 Å². The Morgan fingerprint density at radius 3 is 2.53 bits per heavy atom. The molecule has 0 N–H and O–H groups in total. The summed E-state index contributed by atoms with van der Waals surface area (Å²) in [6, 6.07) is 9.27. The summed E-state index contributed by atoms with van der Waals surface area (Å²) in [5, 5.41) is 1.46. The molecule has 3 heterocycles. The molecular formula is C27H31N5O4. The van der Waals surface area contributed by atoms with E-state index in [4.69, 9.17) is 9.47 Å². The van der Waals surface area contributed by atoms with Crippen LogP contribution >= 0.6 is 0 Å². The molecule has 1 saturated heterocycles. The lowest BCUT2D eigenvalue weighted by molar-refractivity contribution is 0.295. The molecule has 36 heavy (non-hydrogen) atoms. The molecule has 0 amide bonds. The Kier molecular flexibility index (Phi) is 6.38. The van der Waals surface area contributed by atoms with E-state index in [-0.39, 0.29) is 17.3 Å². The minimum atomic E-state index is -0.271. The van der Waals surface area contributed by atoms with E-state index in [9.17, 15) is 9.59 Å². The number of fused-ring (bicyclic) bond motifs is 2. The molecule has 1 fully saturated rings. The summed E-state index contributed by atoms with van der Waals surface area (Å²) in [4.78, 5) is 37.7. The molecule has 0 aliphatic carbocycles. The van der Waals surface area contributed by atoms with Crippen molar-refractivity contribution in [2.24, 2.45) is 7.05 Å². The van der Waals surface area contributed by atoms with Crippen LogP contribution in [0, 0.1) is 6.92 Å². The predicted molar refractivity (Wildman–Crippen MR) is 141 cm³/mol. The number of nitrogens with zero attached hydrogens (tertiary/aromatic N) is 5. The number of anilines is 1. The van der Waals surface area contributed by atoms with Crippen molar-refractivity contribution < 1.29 is 9.47 Å². The SMILES string of the molecule is CCCOc1cc2c(N3CCC(n4c(=O)c5cc(C)ccc5n(C)c4=O)CC3)ncnc2cc1OC. The van der Waals surface area contributed by atoms with Crippen LogP contribution in [0.4, 0.5) is 5.82 Å². The highest BCUT2D eigenvalue weighted by molar-refractivity contribution is 5.92. The van der Waals surface area contributed by atoms with Crippen molar-refractivity contribution in [2.75, 3.05) is 31.7 Å². The number of hydrogen-bond donors (Lipinski definition) is 0. The molecule has 0 saturated carbocycles. The van der Waals surface area contributed by atoms with Gasteiger partial charge in [0.15, 0.2) is 11.5 Å². The molecule has 0 atom stereocenters. The Balaban J connectivity index is 1.46. The molecular weight excluding hydrogens is 458 g/mol. The first-order valence-electron chi connectivity index (χ1n) is 12.3. The minimum Gasteiger partial charge on any atom is -0.493 e. The maximum absolute atomic E-state index is 13.4. The fourth-order valence-corrected chi connectivity index (χ4v) is 5.04. The summed E-state index contributed by atoms with van der Waals surface area (Å²) in [5.41, 5.74) is 1.94. The first kappa shape index (κ1) is 23.8. The number of piperidine rings is 1. The smallest absolute Gasteiger partial charge is 0.331 e. The zero-order valence-electron chi connectivity index (χ0n) is 21.2. The predicted octanol–water partition coefficient (Wildman–Crippen LogP) is 3.59. The van der Waals surface area contributed by atoms with Crippen LogP contribution < -0.4 is 25.6 Å². The second kappa shape index (κ2) is 9.64. The third-order valence-corrected chi connectivity index (χ3v) is 6.95. The van der Waals surface area contributed by atoms with Gasteiger partial charge in [-0.2, -0.15) is 0 Å². The Labute approximate surface area is 208 Å². The van der Waals surface area contributed by atoms with E-state index < -0.39 is 0 Å². The van der Waals surface area contributed by atoms with E-state index in [2.05, 4.69) is 21.8 Å². The van der Waals surface area contributed by atoms with Crippen molar-refractivity contribution in [1.82, 2.24) is 19.1 Å². The molecule has 5 rings (SSSR count). The first-order valence-corrected chi connectivity index (χ1v) is 12.3. The highest BCUT2D eigenvalue weighted by Crippen LogP contribution is 2.36. The quantitative estimate of drug-likeness (QED) is 0.409. The number of aromatic nitrogens is 4. The number of rotatable bonds is 6. The lowest BCUT2D eigenvalue weighted by Gasteiger charge is -2.34. The molecule has 0 spiro atoms. The largest absolute Gasteiger partial charge is 0.493 e. The molecule has 0 bridgehead atoms. The van der Waals surface area contributed by atoms with Crippen LogP contribution in [0.15, 0.2) is 46.2 Å². The molecule has 4 aromatic rings. The van der Waals surface area contributed by atoms with Crippen molar-refractivity contribution in [3.63, 3.8) is 0 Å². The summed E-state index contributed by atoms with van der Waals surface area (Å²) in [7, 11) is 3.34. The van der Waals surface area contributed by atoms with Gasteiger partial charge in [0.25, 0.3) is 5.56 Å². The Morgan fingerprint density at radius 2 is 1.81 bits per heavy atom. The van der Waals surface area contributed by atoms with Gasteiger partial charge in [-0.25, -0.2) is 14.8 Å². The standard InChI is InChI=1S/C27H31N5O4/c1-5-12-36-24-14-19-21(15-23(24)35-4)28-16-29-25(19)31-10-8-18(9-11-31)32-26(33)20-13-17(2)6-7-22(20)30(3)27(32)34/h6-7,13-16,18H,5,8-12H2,1-4H3. The van der Waals surface area contributed by atoms with Crippen LogP contribution in [-0.4, -0.2) is 45.9 Å². The summed E-state index contributed by atoms with van der Waals surface area (Å²) < 4.78 is 14.4. The molecule has 1 aliphatic rings. The molecule has 188 valence electrons. The van der Waals surface area contributed by atoms with Crippen molar-refractivity contribution >= 4 is 27.6 Å². The van der Waals surface area contributed by atoms with Gasteiger partial charge in [0.2, 0.25) is 0 Å². The second-order valence-corrected chi connectivity index (χ2v) is 9.32. The third-order valence-electron chi connectivity index (χ3n) is 6.95. The fraction of sp³-hybridized carbons (Fsp3) is 0.407. The Bertz CT molecular complexity index is 1550. The average molecular weight is 490 g/mol. The summed E-state index contributed by atoms with van der Waals surface area (Å²) >= 11 is 0. The van der Waals surface area contributed by atoms with Crippen LogP contribution in [0.3, 0.4) is 0 Å². The Hall–Kier alpha value is -3.88. The van der Waals surface area contributed by atoms with E-state index >= 15 is 0 Å². The van der Waals surface area contributed by atoms with E-state index in [1.807, 2.05) is 37.3 Å². The van der Waals surface area contributed by atoms with E-state index in [0.717, 1.165) is 28.7 Å². The lowest BCUT2D eigenvalue weighted by atomic mass is 10.0. The summed E-state index contributed by atoms with van der Waals surface area (Å²) in [5.74, 6) is 2.12. The van der Waals surface area contributed by atoms with Crippen molar-refractivity contribution in [3.8, 4) is 11.5 Å². The zero-order chi connectivity index (χ0) is 25.4. The number of hydrogen-bond acceptors (Lipinski definition) is 7. The monoisotopic (exact) mass is 489 g/mol. The second-order valence-electron chi connectivity index (χ2n) is 9.32. The van der Waals surface area contributed by atoms with Crippen LogP contribution in [0.1, 0.15) is 37.8 Å². The molecule has 9 heteroatoms. The number of methoxy groups -OCH3 is 1. The van der Waals surface area contributed by atoms with Gasteiger partial charge in [-0.05, 0) is 44.4 Å². The van der Waals surface area contributed by atoms with Gasteiger partial charge < -0.3 is 14.4 Å². The normalized spacial score (nSPS) is 14.5. The van der Waals surface area contributed by atoms with Crippen LogP contribution in [0.2, 0.25) is 0 Å². The highest BCUT2D eigenvalue weighted by Gasteiger charge is 2.26. The van der Waals surface area contributed by atoms with Crippen LogP contribution in [0.25, 0.3) is 21.8 Å². The maximum Gasteiger partial charge on any atom is 0.331 e. The zero-order valence-corrected chi connectivity index (χ0v) is 21.2. The van der Waals surface area contributed by atoms with E-state index in [1.165, 1.54) is 4.57 Å². The van der Waals surface area contributed by atoms with E-state index in [1.54, 1.807) is 25.1 Å². The van der Waals surface area contributed by atoms with Crippen molar-refractivity contribution in [2.45, 2.75) is 39.2 Å². The first-order chi connectivity index (χ1) is 17.4. The van der Waals surface area contributed by atoms with Gasteiger partial charge in [0.1, 0.15) is 12.1 Å². The fourth-order valence-electron chi connectivity index (χ4n) is 5.04. The summed E-state index contributed by atoms with van der Waals surface area (Å²) in [6.45, 7) is 5.92. The molecule has 2 aromatic carbocycles. The molecule has 2 aromatic heterocycles. The molecule has 0 unspecified atom stereocenters. The maximum atomic E-state index is 13.4. The average Bonchev–Trinajstić information content (AvgIpc) is 2.90. The van der Waals surface area contributed by atoms with E-state index in [0.29, 0.717) is 54.9 Å². The van der Waals surface area contributed by atoms with Gasteiger partial charge in [0.05, 0.1) is 30.1 Å². The topological polar surface area (TPSA) is 91.5 Å². The van der Waals surface area contributed by atoms with Gasteiger partial charge >= 0.3 is 5.69 Å². The van der Waals surface area contributed by atoms with Gasteiger partial charge in [-0.3, -0.25) is 13.9 Å². The summed E-state index contributed by atoms with van der Waals surface area (Å²) in [6.07, 6.45) is 3.77. The number of aryl methyl sites for hydroxylation is 2. The number of benzene rings is 2. The van der Waals surface area contributed by atoms with Crippen molar-refractivity contribution in [3.05, 3.63) is 63.1 Å². The van der Waals surface area contributed by atoms with Gasteiger partial charge in [-0.1, -0.05) is 18.6 Å². The third kappa shape index (κ3) is 4.08. The molecule has 1 aliphatic heterocycles. The van der Waals surface area contributed by atoms with Crippen molar-refractivity contribution in [1.29, 1.82) is 0 Å². The lowest BCUT2D eigenvalue weighted by Crippen LogP contribution is -2.45. The van der Waals surface area contributed by atoms with Gasteiger partial charge in [0, 0.05) is 37.6 Å². The van der Waals surface area contributed by atoms with Crippen LogP contribution in [0.5, 0.6) is 11.5 Å². The minimum absolute atomic E-state index is 0.172. The number of ether oxygens (including phenoxy) is 2.